The van der Waals surface area contributed by atoms with Gasteiger partial charge >= 0.3 is 0 Å². The third-order valence-electron chi connectivity index (χ3n) is 12.1. The van der Waals surface area contributed by atoms with Crippen LogP contribution >= 0.6 is 0 Å². The Balaban J connectivity index is 1.48. The summed E-state index contributed by atoms with van der Waals surface area (Å²) in [6.45, 7) is 26.1. The Morgan fingerprint density at radius 3 is 2.31 bits per heavy atom. The fourth-order valence-corrected chi connectivity index (χ4v) is 10.6. The first-order valence-electron chi connectivity index (χ1n) is 19.9. The van der Waals surface area contributed by atoms with Crippen molar-refractivity contribution in [2.75, 3.05) is 47.6 Å². The van der Waals surface area contributed by atoms with Crippen molar-refractivity contribution in [2.45, 2.75) is 84.8 Å². The summed E-state index contributed by atoms with van der Waals surface area (Å²) < 4.78 is 30.3. The molecule has 6 heteroatoms. The Labute approximate surface area is 330 Å². The Hall–Kier alpha value is -4.26. The van der Waals surface area contributed by atoms with Crippen molar-refractivity contribution >= 4 is 5.57 Å². The van der Waals surface area contributed by atoms with Gasteiger partial charge in [0.25, 0.3) is 0 Å². The Morgan fingerprint density at radius 2 is 1.67 bits per heavy atom. The average Bonchev–Trinajstić information content (AvgIpc) is 3.41. The van der Waals surface area contributed by atoms with Gasteiger partial charge in [0.05, 0.1) is 46.8 Å². The van der Waals surface area contributed by atoms with Gasteiger partial charge in [-0.3, -0.25) is 0 Å². The van der Waals surface area contributed by atoms with E-state index in [1.807, 2.05) is 24.3 Å². The number of morpholine rings is 1. The Kier molecular flexibility index (Phi) is 12.1. The number of allylic oxidation sites excluding steroid dienone is 6. The first-order chi connectivity index (χ1) is 26.3. The third kappa shape index (κ3) is 8.18. The topological polar surface area (TPSA) is 49.4 Å². The van der Waals surface area contributed by atoms with Crippen molar-refractivity contribution in [3.63, 3.8) is 0 Å². The van der Waals surface area contributed by atoms with Crippen LogP contribution in [0.4, 0.5) is 0 Å². The van der Waals surface area contributed by atoms with Gasteiger partial charge in [-0.1, -0.05) is 82.8 Å². The highest BCUT2D eigenvalue weighted by atomic mass is 16.5. The van der Waals surface area contributed by atoms with Gasteiger partial charge in [-0.25, -0.2) is 0 Å². The van der Waals surface area contributed by atoms with E-state index < -0.39 is 0 Å². The molecule has 1 aliphatic heterocycles. The minimum atomic E-state index is -0.291. The normalized spacial score (nSPS) is 23.8. The molecule has 6 nitrogen and oxygen atoms in total. The largest absolute Gasteiger partial charge is 0.501 e. The van der Waals surface area contributed by atoms with E-state index in [2.05, 4.69) is 114 Å². The second-order valence-electron chi connectivity index (χ2n) is 17.3. The lowest BCUT2D eigenvalue weighted by atomic mass is 9.50. The van der Waals surface area contributed by atoms with E-state index in [0.717, 1.165) is 73.2 Å². The van der Waals surface area contributed by atoms with E-state index in [1.165, 1.54) is 34.3 Å². The minimum Gasteiger partial charge on any atom is -0.501 e. The molecule has 1 heterocycles. The van der Waals surface area contributed by atoms with Crippen LogP contribution in [0, 0.1) is 16.7 Å². The van der Waals surface area contributed by atoms with E-state index in [0.29, 0.717) is 6.42 Å². The lowest BCUT2D eigenvalue weighted by molar-refractivity contribution is 0.0158. The first kappa shape index (κ1) is 40.4. The van der Waals surface area contributed by atoms with Gasteiger partial charge in [0.2, 0.25) is 0 Å². The molecule has 2 fully saturated rings. The number of ether oxygens (including phenoxy) is 5. The monoisotopic (exact) mass is 745 g/mol. The van der Waals surface area contributed by atoms with Crippen LogP contribution in [0.3, 0.4) is 0 Å². The molecular formula is C49H63NO5. The second kappa shape index (κ2) is 16.5. The fraction of sp³-hybridized carbons (Fsp3) is 0.469. The standard InChI is InChI=1S/C49H63NO5/c1-12-36(50-23-25-54-26-24-50)18-16-17-33(3)55-46-39(13-2)45-44(40-19-14-15-20-42(40)49(45)31-47(5,6)30-48(7,8)32-49)34(4)41(46)28-38(52-10)27-35-21-22-37(51-9)29-43(35)53-11/h12-22,28-29,33,39,46H,1-2,23-27,30-32H2,3-11H3/b17-16+,36-18+,38-28+. The predicted molar refractivity (Wildman–Crippen MR) is 225 cm³/mol. The molecule has 0 bridgehead atoms. The van der Waals surface area contributed by atoms with Crippen molar-refractivity contribution in [1.29, 1.82) is 0 Å². The van der Waals surface area contributed by atoms with Crippen molar-refractivity contribution < 1.29 is 23.7 Å². The van der Waals surface area contributed by atoms with Gasteiger partial charge in [-0.05, 0) is 102 Å². The van der Waals surface area contributed by atoms with Gasteiger partial charge < -0.3 is 28.6 Å². The third-order valence-corrected chi connectivity index (χ3v) is 12.1. The molecule has 4 aliphatic rings. The van der Waals surface area contributed by atoms with E-state index in [4.69, 9.17) is 23.7 Å². The van der Waals surface area contributed by atoms with Gasteiger partial charge in [0.1, 0.15) is 17.3 Å². The van der Waals surface area contributed by atoms with Crippen molar-refractivity contribution in [1.82, 2.24) is 4.90 Å². The van der Waals surface area contributed by atoms with E-state index in [-0.39, 0.29) is 34.4 Å². The number of nitrogens with zero attached hydrogens (tertiary/aromatic N) is 1. The molecule has 6 rings (SSSR count). The van der Waals surface area contributed by atoms with Crippen LogP contribution in [-0.2, 0) is 26.0 Å². The molecule has 2 aromatic carbocycles. The van der Waals surface area contributed by atoms with Crippen LogP contribution in [0.25, 0.3) is 5.57 Å². The molecule has 0 aromatic heterocycles. The lowest BCUT2D eigenvalue weighted by Gasteiger charge is -2.54. The smallest absolute Gasteiger partial charge is 0.126 e. The highest BCUT2D eigenvalue weighted by molar-refractivity contribution is 5.92. The molecule has 0 radical (unpaired) electrons. The molecule has 0 amide bonds. The van der Waals surface area contributed by atoms with Crippen molar-refractivity contribution in [3.05, 3.63) is 137 Å². The van der Waals surface area contributed by atoms with Crippen molar-refractivity contribution in [3.8, 4) is 11.5 Å². The molecule has 1 saturated carbocycles. The van der Waals surface area contributed by atoms with Crippen molar-refractivity contribution in [2.24, 2.45) is 16.7 Å². The summed E-state index contributed by atoms with van der Waals surface area (Å²) in [7, 11) is 5.11. The van der Waals surface area contributed by atoms with Crippen LogP contribution in [0.2, 0.25) is 0 Å². The van der Waals surface area contributed by atoms with E-state index in [1.54, 1.807) is 21.3 Å². The predicted octanol–water partition coefficient (Wildman–Crippen LogP) is 10.6. The number of hydrogen-bond acceptors (Lipinski definition) is 6. The molecule has 3 unspecified atom stereocenters. The maximum absolute atomic E-state index is 7.27. The molecule has 294 valence electrons. The molecule has 2 aromatic rings. The zero-order chi connectivity index (χ0) is 39.5. The minimum absolute atomic E-state index is 0.0563. The molecule has 0 N–H and O–H groups in total. The molecule has 3 aliphatic carbocycles. The first-order valence-corrected chi connectivity index (χ1v) is 19.9. The van der Waals surface area contributed by atoms with Gasteiger partial charge in [-0.2, -0.15) is 0 Å². The molecule has 55 heavy (non-hydrogen) atoms. The van der Waals surface area contributed by atoms with Gasteiger partial charge in [-0.15, -0.1) is 6.58 Å². The van der Waals surface area contributed by atoms with Crippen LogP contribution < -0.4 is 9.47 Å². The summed E-state index contributed by atoms with van der Waals surface area (Å²) in [5.74, 6) is 2.28. The maximum atomic E-state index is 7.27. The summed E-state index contributed by atoms with van der Waals surface area (Å²) in [6.07, 6.45) is 16.1. The number of benzene rings is 2. The van der Waals surface area contributed by atoms with E-state index in [9.17, 15) is 0 Å². The van der Waals surface area contributed by atoms with Gasteiger partial charge in [0, 0.05) is 48.2 Å². The molecule has 1 spiro atoms. The number of methoxy groups -OCH3 is 3. The average molecular weight is 746 g/mol. The zero-order valence-corrected chi connectivity index (χ0v) is 34.8. The quantitative estimate of drug-likeness (QED) is 0.116. The fourth-order valence-electron chi connectivity index (χ4n) is 10.6. The maximum Gasteiger partial charge on any atom is 0.126 e. The highest BCUT2D eigenvalue weighted by Gasteiger charge is 2.57. The van der Waals surface area contributed by atoms with Crippen LogP contribution in [-0.4, -0.2) is 64.7 Å². The summed E-state index contributed by atoms with van der Waals surface area (Å²) in [5.41, 5.74) is 10.2. The zero-order valence-electron chi connectivity index (χ0n) is 34.8. The summed E-state index contributed by atoms with van der Waals surface area (Å²) in [4.78, 5) is 2.32. The molecular weight excluding hydrogens is 683 g/mol. The molecule has 1 saturated heterocycles. The van der Waals surface area contributed by atoms with Gasteiger partial charge in [0.15, 0.2) is 0 Å². The Morgan fingerprint density at radius 1 is 0.964 bits per heavy atom. The van der Waals surface area contributed by atoms with E-state index >= 15 is 0 Å². The lowest BCUT2D eigenvalue weighted by Crippen LogP contribution is -2.47. The van der Waals surface area contributed by atoms with Crippen LogP contribution in [0.5, 0.6) is 11.5 Å². The SMILES string of the molecule is C=C/C(=C\C=C\C(C)OC1C(/C=C(\Cc2ccc(OC)cc2OC)OC)=C(C)C2=C(C1C=C)C1(CC(C)(C)CC(C)(C)C1)c1ccccc12)N1CCOCC1. The number of rotatable bonds is 13. The second-order valence-corrected chi connectivity index (χ2v) is 17.3. The van der Waals surface area contributed by atoms with Crippen LogP contribution in [0.1, 0.15) is 77.5 Å². The summed E-state index contributed by atoms with van der Waals surface area (Å²) in [6, 6.07) is 15.1. The van der Waals surface area contributed by atoms with Crippen LogP contribution in [0.15, 0.2) is 120 Å². The number of fused-ring (bicyclic) bond motifs is 4. The summed E-state index contributed by atoms with van der Waals surface area (Å²) >= 11 is 0. The number of hydrogen-bond donors (Lipinski definition) is 0. The summed E-state index contributed by atoms with van der Waals surface area (Å²) in [5, 5.41) is 0. The Bertz CT molecular complexity index is 1900. The molecule has 3 atom stereocenters. The highest BCUT2D eigenvalue weighted by Crippen LogP contribution is 2.66.